The van der Waals surface area contributed by atoms with Crippen molar-refractivity contribution < 1.29 is 35.5 Å². The van der Waals surface area contributed by atoms with E-state index in [2.05, 4.69) is 10.1 Å². The molecule has 1 amide bonds. The van der Waals surface area contributed by atoms with Gasteiger partial charge in [0.15, 0.2) is 0 Å². The predicted octanol–water partition coefficient (Wildman–Crippen LogP) is 3.48. The van der Waals surface area contributed by atoms with Gasteiger partial charge in [0.25, 0.3) is 0 Å². The lowest BCUT2D eigenvalue weighted by Gasteiger charge is -2.30. The number of rotatable bonds is 7. The Kier molecular flexibility index (Phi) is 7.40. The lowest BCUT2D eigenvalue weighted by atomic mass is 9.97. The van der Waals surface area contributed by atoms with Gasteiger partial charge in [0.1, 0.15) is 11.6 Å². The first kappa shape index (κ1) is 24.0. The fourth-order valence-electron chi connectivity index (χ4n) is 3.51. The molecule has 1 heterocycles. The Labute approximate surface area is 183 Å². The molecule has 0 radical (unpaired) electrons. The van der Waals surface area contributed by atoms with Gasteiger partial charge in [0, 0.05) is 31.6 Å². The van der Waals surface area contributed by atoms with Gasteiger partial charge in [-0.15, -0.1) is 13.2 Å². The van der Waals surface area contributed by atoms with Crippen LogP contribution in [0.2, 0.25) is 0 Å². The summed E-state index contributed by atoms with van der Waals surface area (Å²) in [5.74, 6) is -1.56. The minimum Gasteiger partial charge on any atom is -0.406 e. The van der Waals surface area contributed by atoms with Gasteiger partial charge in [-0.1, -0.05) is 18.2 Å². The molecule has 0 spiro atoms. The molecule has 32 heavy (non-hydrogen) atoms. The van der Waals surface area contributed by atoms with Gasteiger partial charge in [-0.05, 0) is 49.1 Å². The summed E-state index contributed by atoms with van der Waals surface area (Å²) in [6.07, 6.45) is -3.90. The minimum absolute atomic E-state index is 0.0642. The highest BCUT2D eigenvalue weighted by molar-refractivity contribution is 7.89. The van der Waals surface area contributed by atoms with Crippen molar-refractivity contribution in [2.45, 2.75) is 30.5 Å². The van der Waals surface area contributed by atoms with Crippen molar-refractivity contribution in [1.82, 2.24) is 9.62 Å². The number of piperidine rings is 1. The standard InChI is InChI=1S/C21H22F4N2O4S/c22-17-4-1-3-15(13-17)7-10-26-20(28)16-8-11-27(12-9-16)32(29,30)19-6-2-5-18(14-19)31-21(23,24)25/h1-6,13-14,16H,7-12H2,(H,26,28). The monoisotopic (exact) mass is 474 g/mol. The third-order valence-corrected chi connectivity index (χ3v) is 7.00. The predicted molar refractivity (Wildman–Crippen MR) is 108 cm³/mol. The zero-order valence-electron chi connectivity index (χ0n) is 16.9. The van der Waals surface area contributed by atoms with Crippen LogP contribution >= 0.6 is 0 Å². The van der Waals surface area contributed by atoms with E-state index >= 15 is 0 Å². The largest absolute Gasteiger partial charge is 0.573 e. The first-order valence-corrected chi connectivity index (χ1v) is 11.4. The fraction of sp³-hybridized carbons (Fsp3) is 0.381. The molecule has 0 aliphatic carbocycles. The molecule has 0 bridgehead atoms. The van der Waals surface area contributed by atoms with Crippen LogP contribution in [0, 0.1) is 11.7 Å². The molecule has 1 saturated heterocycles. The number of nitrogens with zero attached hydrogens (tertiary/aromatic N) is 1. The number of hydrogen-bond acceptors (Lipinski definition) is 4. The van der Waals surface area contributed by atoms with E-state index in [0.717, 1.165) is 22.0 Å². The maximum Gasteiger partial charge on any atom is 0.573 e. The Balaban J connectivity index is 1.53. The van der Waals surface area contributed by atoms with Crippen LogP contribution in [-0.2, 0) is 21.2 Å². The summed E-state index contributed by atoms with van der Waals surface area (Å²) >= 11 is 0. The number of sulfonamides is 1. The van der Waals surface area contributed by atoms with Gasteiger partial charge in [-0.3, -0.25) is 4.79 Å². The molecule has 1 aliphatic heterocycles. The Morgan fingerprint density at radius 1 is 1.09 bits per heavy atom. The van der Waals surface area contributed by atoms with Gasteiger partial charge in [-0.25, -0.2) is 12.8 Å². The molecule has 1 N–H and O–H groups in total. The topological polar surface area (TPSA) is 75.7 Å². The summed E-state index contributed by atoms with van der Waals surface area (Å²) in [6, 6.07) is 10.3. The zero-order valence-corrected chi connectivity index (χ0v) is 17.8. The second-order valence-corrected chi connectivity index (χ2v) is 9.31. The highest BCUT2D eigenvalue weighted by atomic mass is 32.2. The van der Waals surface area contributed by atoms with Crippen LogP contribution < -0.4 is 10.1 Å². The van der Waals surface area contributed by atoms with Crippen molar-refractivity contribution in [2.75, 3.05) is 19.6 Å². The van der Waals surface area contributed by atoms with Gasteiger partial charge in [0.2, 0.25) is 15.9 Å². The molecule has 6 nitrogen and oxygen atoms in total. The molecule has 0 atom stereocenters. The molecule has 0 unspecified atom stereocenters. The number of carbonyl (C=O) groups is 1. The van der Waals surface area contributed by atoms with Crippen LogP contribution in [0.5, 0.6) is 5.75 Å². The lowest BCUT2D eigenvalue weighted by Crippen LogP contribution is -2.43. The lowest BCUT2D eigenvalue weighted by molar-refractivity contribution is -0.274. The quantitative estimate of drug-likeness (QED) is 0.624. The second-order valence-electron chi connectivity index (χ2n) is 7.37. The van der Waals surface area contributed by atoms with E-state index in [-0.39, 0.29) is 48.5 Å². The Bertz CT molecular complexity index is 1050. The van der Waals surface area contributed by atoms with E-state index in [1.807, 2.05) is 0 Å². The number of alkyl halides is 3. The van der Waals surface area contributed by atoms with Crippen LogP contribution in [0.4, 0.5) is 17.6 Å². The summed E-state index contributed by atoms with van der Waals surface area (Å²) in [6.45, 7) is 0.455. The molecular weight excluding hydrogens is 452 g/mol. The number of amides is 1. The average molecular weight is 474 g/mol. The first-order chi connectivity index (χ1) is 15.0. The van der Waals surface area contributed by atoms with Crippen molar-refractivity contribution in [3.05, 3.63) is 59.9 Å². The van der Waals surface area contributed by atoms with E-state index in [1.165, 1.54) is 24.3 Å². The van der Waals surface area contributed by atoms with Gasteiger partial charge in [0.05, 0.1) is 4.90 Å². The van der Waals surface area contributed by atoms with E-state index in [9.17, 15) is 30.8 Å². The second kappa shape index (κ2) is 9.86. The van der Waals surface area contributed by atoms with E-state index in [1.54, 1.807) is 12.1 Å². The Hall–Kier alpha value is -2.66. The van der Waals surface area contributed by atoms with Crippen LogP contribution in [0.1, 0.15) is 18.4 Å². The Morgan fingerprint density at radius 2 is 1.78 bits per heavy atom. The normalized spacial score (nSPS) is 16.0. The summed E-state index contributed by atoms with van der Waals surface area (Å²) in [4.78, 5) is 12.1. The van der Waals surface area contributed by atoms with Crippen molar-refractivity contribution in [3.63, 3.8) is 0 Å². The number of hydrogen-bond donors (Lipinski definition) is 1. The van der Waals surface area contributed by atoms with Crippen molar-refractivity contribution in [1.29, 1.82) is 0 Å². The SMILES string of the molecule is O=C(NCCc1cccc(F)c1)C1CCN(S(=O)(=O)c2cccc(OC(F)(F)F)c2)CC1. The molecule has 11 heteroatoms. The van der Waals surface area contributed by atoms with E-state index in [0.29, 0.717) is 13.0 Å². The molecule has 3 rings (SSSR count). The van der Waals surface area contributed by atoms with Gasteiger partial charge >= 0.3 is 6.36 Å². The molecule has 1 aliphatic rings. The summed E-state index contributed by atoms with van der Waals surface area (Å²) in [5.41, 5.74) is 0.753. The van der Waals surface area contributed by atoms with Crippen molar-refractivity contribution in [3.8, 4) is 5.75 Å². The summed E-state index contributed by atoms with van der Waals surface area (Å²) in [7, 11) is -4.03. The number of carbonyl (C=O) groups excluding carboxylic acids is 1. The van der Waals surface area contributed by atoms with Crippen molar-refractivity contribution >= 4 is 15.9 Å². The van der Waals surface area contributed by atoms with Crippen LogP contribution in [0.15, 0.2) is 53.4 Å². The Morgan fingerprint density at radius 3 is 2.44 bits per heavy atom. The maximum absolute atomic E-state index is 13.2. The minimum atomic E-state index is -4.93. The highest BCUT2D eigenvalue weighted by Crippen LogP contribution is 2.28. The zero-order chi connectivity index (χ0) is 23.4. The number of nitrogens with one attached hydrogen (secondary N) is 1. The van der Waals surface area contributed by atoms with Gasteiger partial charge < -0.3 is 10.1 Å². The molecule has 2 aromatic rings. The third-order valence-electron chi connectivity index (χ3n) is 5.10. The molecular formula is C21H22F4N2O4S. The first-order valence-electron chi connectivity index (χ1n) is 9.93. The highest BCUT2D eigenvalue weighted by Gasteiger charge is 2.34. The molecule has 174 valence electrons. The van der Waals surface area contributed by atoms with Crippen LogP contribution in [0.3, 0.4) is 0 Å². The average Bonchev–Trinajstić information content (AvgIpc) is 2.73. The van der Waals surface area contributed by atoms with Crippen LogP contribution in [-0.4, -0.2) is 44.6 Å². The van der Waals surface area contributed by atoms with Crippen molar-refractivity contribution in [2.24, 2.45) is 5.92 Å². The third kappa shape index (κ3) is 6.42. The molecule has 1 fully saturated rings. The molecule has 0 aromatic heterocycles. The van der Waals surface area contributed by atoms with E-state index in [4.69, 9.17) is 0 Å². The smallest absolute Gasteiger partial charge is 0.406 e. The summed E-state index contributed by atoms with van der Waals surface area (Å²) < 4.78 is 81.0. The van der Waals surface area contributed by atoms with Crippen LogP contribution in [0.25, 0.3) is 0 Å². The maximum atomic E-state index is 13.2. The number of halogens is 4. The molecule has 2 aromatic carbocycles. The summed E-state index contributed by atoms with van der Waals surface area (Å²) in [5, 5.41) is 2.78. The molecule has 0 saturated carbocycles. The van der Waals surface area contributed by atoms with Gasteiger partial charge in [-0.2, -0.15) is 4.31 Å². The number of benzene rings is 2. The van der Waals surface area contributed by atoms with E-state index < -0.39 is 22.1 Å². The number of ether oxygens (including phenoxy) is 1. The fourth-order valence-corrected chi connectivity index (χ4v) is 5.01.